The fourth-order valence-corrected chi connectivity index (χ4v) is 5.10. The van der Waals surface area contributed by atoms with Gasteiger partial charge in [-0.25, -0.2) is 4.98 Å². The minimum absolute atomic E-state index is 0.0684. The molecule has 0 amide bonds. The van der Waals surface area contributed by atoms with Crippen molar-refractivity contribution in [3.8, 4) is 22.9 Å². The highest BCUT2D eigenvalue weighted by Gasteiger charge is 2.21. The van der Waals surface area contributed by atoms with Gasteiger partial charge in [-0.1, -0.05) is 0 Å². The first-order chi connectivity index (χ1) is 12.1. The van der Waals surface area contributed by atoms with Gasteiger partial charge in [0.05, 0.1) is 19.6 Å². The van der Waals surface area contributed by atoms with Crippen LogP contribution >= 0.6 is 27.3 Å². The fourth-order valence-electron chi connectivity index (χ4n) is 3.33. The molecule has 0 spiro atoms. The number of benzene rings is 1. The maximum absolute atomic E-state index is 12.7. The van der Waals surface area contributed by atoms with Crippen LogP contribution in [-0.4, -0.2) is 24.2 Å². The summed E-state index contributed by atoms with van der Waals surface area (Å²) >= 11 is 5.18. The van der Waals surface area contributed by atoms with Crippen LogP contribution in [0.1, 0.15) is 23.3 Å². The van der Waals surface area contributed by atoms with Crippen molar-refractivity contribution in [2.24, 2.45) is 0 Å². The molecule has 130 valence electrons. The standard InChI is InChI=1S/C18H17BrN2O3S/c1-23-12-7-10(11(19)8-13(12)24-2)16-20-17(22)15-9-5-3-4-6-14(9)25-18(15)21-16/h7-8H,3-6H2,1-2H3,(H,20,21,22). The van der Waals surface area contributed by atoms with Gasteiger partial charge in [-0.3, -0.25) is 4.79 Å². The number of H-pyrrole nitrogens is 1. The first-order valence-corrected chi connectivity index (χ1v) is 9.69. The predicted octanol–water partition coefficient (Wildman–Crippen LogP) is 4.31. The first kappa shape index (κ1) is 16.6. The zero-order valence-electron chi connectivity index (χ0n) is 13.9. The van der Waals surface area contributed by atoms with E-state index in [0.29, 0.717) is 17.3 Å². The number of fused-ring (bicyclic) bond motifs is 3. The summed E-state index contributed by atoms with van der Waals surface area (Å²) in [5, 5.41) is 0.764. The monoisotopic (exact) mass is 420 g/mol. The molecule has 2 heterocycles. The van der Waals surface area contributed by atoms with Gasteiger partial charge in [0.2, 0.25) is 0 Å². The smallest absolute Gasteiger partial charge is 0.260 e. The van der Waals surface area contributed by atoms with E-state index < -0.39 is 0 Å². The zero-order valence-corrected chi connectivity index (χ0v) is 16.3. The number of aromatic nitrogens is 2. The second-order valence-corrected chi connectivity index (χ2v) is 7.93. The molecule has 1 aliphatic carbocycles. The molecular weight excluding hydrogens is 404 g/mol. The highest BCUT2D eigenvalue weighted by Crippen LogP contribution is 2.39. The van der Waals surface area contributed by atoms with E-state index >= 15 is 0 Å². The lowest BCUT2D eigenvalue weighted by atomic mass is 9.97. The van der Waals surface area contributed by atoms with E-state index in [0.717, 1.165) is 39.5 Å². The molecule has 7 heteroatoms. The third-order valence-corrected chi connectivity index (χ3v) is 6.40. The number of nitrogens with zero attached hydrogens (tertiary/aromatic N) is 1. The van der Waals surface area contributed by atoms with Crippen molar-refractivity contribution < 1.29 is 9.47 Å². The minimum Gasteiger partial charge on any atom is -0.493 e. The lowest BCUT2D eigenvalue weighted by Crippen LogP contribution is -2.11. The normalized spacial score (nSPS) is 13.7. The van der Waals surface area contributed by atoms with Crippen LogP contribution in [0, 0.1) is 0 Å². The van der Waals surface area contributed by atoms with Gasteiger partial charge in [0.25, 0.3) is 5.56 Å². The summed E-state index contributed by atoms with van der Waals surface area (Å²) in [4.78, 5) is 22.5. The Bertz CT molecular complexity index is 1030. The van der Waals surface area contributed by atoms with Crippen molar-refractivity contribution >= 4 is 37.5 Å². The third kappa shape index (κ3) is 2.75. The molecule has 2 aromatic heterocycles. The number of hydrogen-bond donors (Lipinski definition) is 1. The molecule has 25 heavy (non-hydrogen) atoms. The largest absolute Gasteiger partial charge is 0.493 e. The number of halogens is 1. The Hall–Kier alpha value is -1.86. The van der Waals surface area contributed by atoms with Crippen LogP contribution in [0.5, 0.6) is 11.5 Å². The topological polar surface area (TPSA) is 64.2 Å². The molecule has 3 aromatic rings. The van der Waals surface area contributed by atoms with Crippen LogP contribution in [0.25, 0.3) is 21.6 Å². The molecule has 0 radical (unpaired) electrons. The number of ether oxygens (including phenoxy) is 2. The van der Waals surface area contributed by atoms with Crippen molar-refractivity contribution in [1.82, 2.24) is 9.97 Å². The summed E-state index contributed by atoms with van der Waals surface area (Å²) in [6, 6.07) is 3.64. The Kier molecular flexibility index (Phi) is 4.29. The van der Waals surface area contributed by atoms with Gasteiger partial charge in [0.1, 0.15) is 10.7 Å². The van der Waals surface area contributed by atoms with E-state index in [2.05, 4.69) is 20.9 Å². The maximum Gasteiger partial charge on any atom is 0.260 e. The number of aromatic amines is 1. The Labute approximate surface area is 157 Å². The van der Waals surface area contributed by atoms with Crippen LogP contribution in [0.15, 0.2) is 21.4 Å². The SMILES string of the molecule is COc1cc(Br)c(-c2nc3sc4c(c3c(=O)[nH]2)CCCC4)cc1OC. The van der Waals surface area contributed by atoms with Gasteiger partial charge in [-0.15, -0.1) is 11.3 Å². The van der Waals surface area contributed by atoms with Gasteiger partial charge >= 0.3 is 0 Å². The van der Waals surface area contributed by atoms with Crippen molar-refractivity contribution in [2.45, 2.75) is 25.7 Å². The van der Waals surface area contributed by atoms with E-state index in [4.69, 9.17) is 14.5 Å². The number of methoxy groups -OCH3 is 2. The van der Waals surface area contributed by atoms with Gasteiger partial charge in [0, 0.05) is 14.9 Å². The zero-order chi connectivity index (χ0) is 17.6. The Balaban J connectivity index is 1.92. The molecule has 0 saturated heterocycles. The van der Waals surface area contributed by atoms with Gasteiger partial charge in [-0.05, 0) is 59.3 Å². The van der Waals surface area contributed by atoms with E-state index in [1.54, 1.807) is 25.6 Å². The van der Waals surface area contributed by atoms with Gasteiger partial charge in [0.15, 0.2) is 11.5 Å². The lowest BCUT2D eigenvalue weighted by Gasteiger charge is -2.11. The third-order valence-electron chi connectivity index (χ3n) is 4.55. The van der Waals surface area contributed by atoms with E-state index in [1.807, 2.05) is 12.1 Å². The number of aryl methyl sites for hydroxylation is 2. The van der Waals surface area contributed by atoms with E-state index in [1.165, 1.54) is 16.9 Å². The number of hydrogen-bond acceptors (Lipinski definition) is 5. The summed E-state index contributed by atoms with van der Waals surface area (Å²) in [6.45, 7) is 0. The molecule has 0 atom stereocenters. The molecule has 0 bridgehead atoms. The highest BCUT2D eigenvalue weighted by molar-refractivity contribution is 9.10. The minimum atomic E-state index is -0.0684. The molecular formula is C18H17BrN2O3S. The molecule has 1 aromatic carbocycles. The Morgan fingerprint density at radius 1 is 1.16 bits per heavy atom. The molecule has 0 fully saturated rings. The number of nitrogens with one attached hydrogen (secondary N) is 1. The van der Waals surface area contributed by atoms with E-state index in [9.17, 15) is 4.79 Å². The predicted molar refractivity (Wildman–Crippen MR) is 103 cm³/mol. The van der Waals surface area contributed by atoms with Crippen LogP contribution < -0.4 is 15.0 Å². The van der Waals surface area contributed by atoms with Crippen LogP contribution in [0.2, 0.25) is 0 Å². The summed E-state index contributed by atoms with van der Waals surface area (Å²) in [5.74, 6) is 1.74. The van der Waals surface area contributed by atoms with Gasteiger partial charge < -0.3 is 14.5 Å². The quantitative estimate of drug-likeness (QED) is 0.685. The number of thiophene rings is 1. The average molecular weight is 421 g/mol. The van der Waals surface area contributed by atoms with Crippen molar-refractivity contribution in [1.29, 1.82) is 0 Å². The Morgan fingerprint density at radius 3 is 2.64 bits per heavy atom. The fraction of sp³-hybridized carbons (Fsp3) is 0.333. The van der Waals surface area contributed by atoms with Crippen molar-refractivity contribution in [3.63, 3.8) is 0 Å². The molecule has 0 unspecified atom stereocenters. The maximum atomic E-state index is 12.7. The van der Waals surface area contributed by atoms with Crippen LogP contribution in [0.3, 0.4) is 0 Å². The highest BCUT2D eigenvalue weighted by atomic mass is 79.9. The average Bonchev–Trinajstić information content (AvgIpc) is 3.00. The second-order valence-electron chi connectivity index (χ2n) is 5.99. The molecule has 4 rings (SSSR count). The Morgan fingerprint density at radius 2 is 1.88 bits per heavy atom. The summed E-state index contributed by atoms with van der Waals surface area (Å²) in [7, 11) is 3.18. The second kappa shape index (κ2) is 6.46. The van der Waals surface area contributed by atoms with Crippen molar-refractivity contribution in [3.05, 3.63) is 37.4 Å². The molecule has 0 saturated carbocycles. The van der Waals surface area contributed by atoms with E-state index in [-0.39, 0.29) is 5.56 Å². The summed E-state index contributed by atoms with van der Waals surface area (Å²) in [5.41, 5.74) is 1.89. The number of rotatable bonds is 3. The molecule has 0 aliphatic heterocycles. The summed E-state index contributed by atoms with van der Waals surface area (Å²) in [6.07, 6.45) is 4.34. The van der Waals surface area contributed by atoms with Crippen molar-refractivity contribution in [2.75, 3.05) is 14.2 Å². The first-order valence-electron chi connectivity index (χ1n) is 8.09. The lowest BCUT2D eigenvalue weighted by molar-refractivity contribution is 0.355. The van der Waals surface area contributed by atoms with Crippen LogP contribution in [-0.2, 0) is 12.8 Å². The van der Waals surface area contributed by atoms with Gasteiger partial charge in [-0.2, -0.15) is 0 Å². The summed E-state index contributed by atoms with van der Waals surface area (Å²) < 4.78 is 11.5. The molecule has 5 nitrogen and oxygen atoms in total. The molecule has 1 N–H and O–H groups in total. The molecule has 1 aliphatic rings. The van der Waals surface area contributed by atoms with Crippen LogP contribution in [0.4, 0.5) is 0 Å².